The highest BCUT2D eigenvalue weighted by Crippen LogP contribution is 2.38. The first-order chi connectivity index (χ1) is 13.7. The summed E-state index contributed by atoms with van der Waals surface area (Å²) in [7, 11) is 1.64. The highest BCUT2D eigenvalue weighted by atomic mass is 35.5. The lowest BCUT2D eigenvalue weighted by atomic mass is 9.79. The van der Waals surface area contributed by atoms with Crippen LogP contribution < -0.4 is 20.9 Å². The van der Waals surface area contributed by atoms with Crippen molar-refractivity contribution < 1.29 is 9.53 Å². The molecule has 0 radical (unpaired) electrons. The molecule has 0 aliphatic carbocycles. The van der Waals surface area contributed by atoms with Gasteiger partial charge in [0.15, 0.2) is 0 Å². The predicted octanol–water partition coefficient (Wildman–Crippen LogP) is 2.28. The van der Waals surface area contributed by atoms with Gasteiger partial charge in [0.25, 0.3) is 5.56 Å². The summed E-state index contributed by atoms with van der Waals surface area (Å²) >= 11 is 0. The summed E-state index contributed by atoms with van der Waals surface area (Å²) in [6.07, 6.45) is 2.15. The van der Waals surface area contributed by atoms with Crippen LogP contribution in [0, 0.1) is 5.92 Å². The number of pyridine rings is 1. The van der Waals surface area contributed by atoms with E-state index in [1.165, 1.54) is 0 Å². The van der Waals surface area contributed by atoms with Crippen LogP contribution >= 0.6 is 12.4 Å². The molecule has 29 heavy (non-hydrogen) atoms. The van der Waals surface area contributed by atoms with Crippen molar-refractivity contribution >= 4 is 18.3 Å². The van der Waals surface area contributed by atoms with Gasteiger partial charge in [-0.25, -0.2) is 0 Å². The summed E-state index contributed by atoms with van der Waals surface area (Å²) < 4.78 is 7.15. The molecule has 156 valence electrons. The fraction of sp³-hybridized carbons (Fsp3) is 0.455. The van der Waals surface area contributed by atoms with E-state index in [4.69, 9.17) is 4.74 Å². The van der Waals surface area contributed by atoms with Crippen molar-refractivity contribution in [2.24, 2.45) is 5.92 Å². The predicted molar refractivity (Wildman–Crippen MR) is 115 cm³/mol. The van der Waals surface area contributed by atoms with Crippen LogP contribution in [0.15, 0.2) is 47.3 Å². The molecule has 3 heterocycles. The molecule has 1 fully saturated rings. The number of benzene rings is 1. The van der Waals surface area contributed by atoms with Crippen LogP contribution in [0.2, 0.25) is 0 Å². The van der Waals surface area contributed by atoms with Gasteiger partial charge in [-0.1, -0.05) is 18.2 Å². The van der Waals surface area contributed by atoms with Gasteiger partial charge in [-0.15, -0.1) is 12.4 Å². The first-order valence-electron chi connectivity index (χ1n) is 9.97. The van der Waals surface area contributed by atoms with Gasteiger partial charge < -0.3 is 19.9 Å². The molecule has 1 aromatic heterocycles. The molecule has 2 aromatic rings. The molecule has 1 amide bonds. The molecule has 1 saturated heterocycles. The second kappa shape index (κ2) is 9.46. The van der Waals surface area contributed by atoms with Crippen molar-refractivity contribution in [3.63, 3.8) is 0 Å². The number of piperidine rings is 1. The fourth-order valence-electron chi connectivity index (χ4n) is 4.56. The number of carbonyl (C=O) groups excluding carboxylic acids is 1. The summed E-state index contributed by atoms with van der Waals surface area (Å²) in [5.74, 6) is 1.56. The molecule has 3 atom stereocenters. The van der Waals surface area contributed by atoms with Crippen molar-refractivity contribution in [1.82, 2.24) is 15.2 Å². The summed E-state index contributed by atoms with van der Waals surface area (Å²) in [5, 5.41) is 6.55. The highest BCUT2D eigenvalue weighted by molar-refractivity contribution is 5.85. The number of hydrogen-bond acceptors (Lipinski definition) is 4. The number of halogens is 1. The summed E-state index contributed by atoms with van der Waals surface area (Å²) in [5.41, 5.74) is 2.20. The van der Waals surface area contributed by atoms with Crippen molar-refractivity contribution in [3.8, 4) is 5.75 Å². The third-order valence-corrected chi connectivity index (χ3v) is 5.98. The minimum Gasteiger partial charge on any atom is -0.497 e. The lowest BCUT2D eigenvalue weighted by molar-refractivity contribution is -0.121. The molecule has 4 rings (SSSR count). The normalized spacial score (nSPS) is 22.2. The van der Waals surface area contributed by atoms with Crippen LogP contribution in [0.4, 0.5) is 0 Å². The molecule has 2 aliphatic rings. The van der Waals surface area contributed by atoms with Crippen LogP contribution in [-0.4, -0.2) is 37.2 Å². The lowest BCUT2D eigenvalue weighted by Gasteiger charge is -2.43. The zero-order valence-corrected chi connectivity index (χ0v) is 17.4. The topological polar surface area (TPSA) is 72.4 Å². The van der Waals surface area contributed by atoms with Crippen molar-refractivity contribution in [2.75, 3.05) is 26.7 Å². The summed E-state index contributed by atoms with van der Waals surface area (Å²) in [4.78, 5) is 25.0. The van der Waals surface area contributed by atoms with Crippen LogP contribution in [0.3, 0.4) is 0 Å². The molecule has 7 heteroatoms. The zero-order valence-electron chi connectivity index (χ0n) is 16.6. The molecule has 1 aromatic carbocycles. The van der Waals surface area contributed by atoms with E-state index in [2.05, 4.69) is 10.6 Å². The van der Waals surface area contributed by atoms with E-state index in [-0.39, 0.29) is 29.9 Å². The Morgan fingerprint density at radius 1 is 1.24 bits per heavy atom. The van der Waals surface area contributed by atoms with Gasteiger partial charge in [0, 0.05) is 43.7 Å². The fourth-order valence-corrected chi connectivity index (χ4v) is 4.56. The SMILES string of the molecule is COc1cccc(CCC(=O)NC[C@H]2[C@@H]3CNC[C@@H](C3)c3cccc(=O)n32)c1.Cl. The highest BCUT2D eigenvalue weighted by Gasteiger charge is 2.37. The third-order valence-electron chi connectivity index (χ3n) is 5.98. The molecular weight excluding hydrogens is 390 g/mol. The van der Waals surface area contributed by atoms with Crippen molar-refractivity contribution in [2.45, 2.75) is 31.2 Å². The molecule has 0 spiro atoms. The number of aromatic nitrogens is 1. The Labute approximate surface area is 177 Å². The standard InChI is InChI=1S/C22H27N3O3.ClH/c1-28-18-5-2-4-15(10-18)8-9-21(26)24-14-20-17-11-16(12-23-13-17)19-6-3-7-22(27)25(19)20;/h2-7,10,16-17,20,23H,8-9,11-14H2,1H3,(H,24,26);1H/t16-,17+,20+;/m1./s1. The molecular formula is C22H28ClN3O3. The van der Waals surface area contributed by atoms with E-state index in [1.54, 1.807) is 13.2 Å². The van der Waals surface area contributed by atoms with Gasteiger partial charge >= 0.3 is 0 Å². The molecule has 6 nitrogen and oxygen atoms in total. The van der Waals surface area contributed by atoms with Gasteiger partial charge in [-0.3, -0.25) is 9.59 Å². The number of rotatable bonds is 6. The smallest absolute Gasteiger partial charge is 0.251 e. The van der Waals surface area contributed by atoms with Crippen LogP contribution in [0.25, 0.3) is 0 Å². The first kappa shape index (κ1) is 21.4. The number of hydrogen-bond donors (Lipinski definition) is 2. The van der Waals surface area contributed by atoms with E-state index in [0.717, 1.165) is 36.5 Å². The van der Waals surface area contributed by atoms with Gasteiger partial charge in [0.2, 0.25) is 5.91 Å². The quantitative estimate of drug-likeness (QED) is 0.756. The van der Waals surface area contributed by atoms with Gasteiger partial charge in [0.05, 0.1) is 13.2 Å². The van der Waals surface area contributed by atoms with E-state index in [0.29, 0.717) is 31.2 Å². The average molecular weight is 418 g/mol. The number of fused-ring (bicyclic) bond motifs is 4. The Balaban J connectivity index is 0.00000240. The molecule has 2 N–H and O–H groups in total. The summed E-state index contributed by atoms with van der Waals surface area (Å²) in [6, 6.07) is 13.3. The first-order valence-corrected chi connectivity index (χ1v) is 9.97. The van der Waals surface area contributed by atoms with Crippen molar-refractivity contribution in [3.05, 3.63) is 64.1 Å². The second-order valence-electron chi connectivity index (χ2n) is 7.73. The van der Waals surface area contributed by atoms with E-state index < -0.39 is 0 Å². The van der Waals surface area contributed by atoms with Crippen LogP contribution in [-0.2, 0) is 11.2 Å². The average Bonchev–Trinajstić information content (AvgIpc) is 2.73. The maximum Gasteiger partial charge on any atom is 0.251 e. The van der Waals surface area contributed by atoms with Gasteiger partial charge in [-0.05, 0) is 42.5 Å². The number of amides is 1. The van der Waals surface area contributed by atoms with Crippen molar-refractivity contribution in [1.29, 1.82) is 0 Å². The van der Waals surface area contributed by atoms with Gasteiger partial charge in [-0.2, -0.15) is 0 Å². The molecule has 2 aliphatic heterocycles. The van der Waals surface area contributed by atoms with E-state index >= 15 is 0 Å². The minimum absolute atomic E-state index is 0. The van der Waals surface area contributed by atoms with E-state index in [9.17, 15) is 9.59 Å². The zero-order chi connectivity index (χ0) is 19.5. The number of carbonyl (C=O) groups is 1. The Kier molecular flexibility index (Phi) is 6.98. The number of methoxy groups -OCH3 is 1. The summed E-state index contributed by atoms with van der Waals surface area (Å²) in [6.45, 7) is 2.30. The van der Waals surface area contributed by atoms with E-state index in [1.807, 2.05) is 41.0 Å². The number of nitrogens with one attached hydrogen (secondary N) is 2. The second-order valence-corrected chi connectivity index (χ2v) is 7.73. The third kappa shape index (κ3) is 4.65. The molecule has 2 bridgehead atoms. The Hall–Kier alpha value is -2.31. The maximum atomic E-state index is 12.5. The maximum absolute atomic E-state index is 12.5. The number of ether oxygens (including phenoxy) is 1. The largest absolute Gasteiger partial charge is 0.497 e. The monoisotopic (exact) mass is 417 g/mol. The number of aryl methyl sites for hydroxylation is 1. The minimum atomic E-state index is 0. The van der Waals surface area contributed by atoms with Crippen LogP contribution in [0.5, 0.6) is 5.75 Å². The molecule has 0 saturated carbocycles. The molecule has 0 unspecified atom stereocenters. The Morgan fingerprint density at radius 3 is 2.90 bits per heavy atom. The Morgan fingerprint density at radius 2 is 2.07 bits per heavy atom. The number of nitrogens with zero attached hydrogens (tertiary/aromatic N) is 1. The Bertz CT molecular complexity index is 914. The lowest BCUT2D eigenvalue weighted by Crippen LogP contribution is -2.50. The van der Waals surface area contributed by atoms with Gasteiger partial charge in [0.1, 0.15) is 5.75 Å². The van der Waals surface area contributed by atoms with Crippen LogP contribution in [0.1, 0.15) is 36.1 Å².